The lowest BCUT2D eigenvalue weighted by atomic mass is 9.97. The highest BCUT2D eigenvalue weighted by atomic mass is 19.4. The molecule has 0 amide bonds. The maximum absolute atomic E-state index is 14.4. The zero-order valence-corrected chi connectivity index (χ0v) is 43.1. The summed E-state index contributed by atoms with van der Waals surface area (Å²) in [6, 6.07) is 58.0. The minimum absolute atomic E-state index is 0.0214. The van der Waals surface area contributed by atoms with Crippen molar-refractivity contribution < 1.29 is 52.7 Å². The van der Waals surface area contributed by atoms with Crippen LogP contribution in [0.5, 0.6) is 0 Å². The summed E-state index contributed by atoms with van der Waals surface area (Å²) in [5, 5.41) is 2.59. The van der Waals surface area contributed by atoms with Crippen molar-refractivity contribution in [2.75, 3.05) is 0 Å². The summed E-state index contributed by atoms with van der Waals surface area (Å²) in [6.45, 7) is 0. The summed E-state index contributed by atoms with van der Waals surface area (Å²) in [5.41, 5.74) is -1.07. The second-order valence-electron chi connectivity index (χ2n) is 20.1. The maximum Gasteiger partial charge on any atom is 0.416 e. The molecule has 0 unspecified atom stereocenters. The molecule has 13 aromatic rings. The first kappa shape index (κ1) is 53.3. The molecule has 84 heavy (non-hydrogen) atoms. The fourth-order valence-electron chi connectivity index (χ4n) is 10.9. The van der Waals surface area contributed by atoms with Gasteiger partial charge in [0.15, 0.2) is 17.5 Å². The summed E-state index contributed by atoms with van der Waals surface area (Å²) in [7, 11) is 0. The maximum atomic E-state index is 14.4. The van der Waals surface area contributed by atoms with E-state index in [-0.39, 0.29) is 57.5 Å². The molecule has 0 aliphatic heterocycles. The van der Waals surface area contributed by atoms with E-state index >= 15 is 0 Å². The van der Waals surface area contributed by atoms with Gasteiger partial charge in [-0.05, 0) is 124 Å². The Morgan fingerprint density at radius 3 is 1.12 bits per heavy atom. The van der Waals surface area contributed by atoms with Crippen LogP contribution in [0.4, 0.5) is 52.7 Å². The molecule has 0 atom stereocenters. The minimum Gasteiger partial charge on any atom is -0.309 e. The van der Waals surface area contributed by atoms with Crippen LogP contribution in [-0.4, -0.2) is 24.1 Å². The van der Waals surface area contributed by atoms with Crippen LogP contribution in [0, 0.1) is 0 Å². The number of rotatable bonds is 8. The highest BCUT2D eigenvalue weighted by Gasteiger charge is 2.39. The molecule has 0 N–H and O–H groups in total. The van der Waals surface area contributed by atoms with Crippen molar-refractivity contribution in [1.29, 1.82) is 0 Å². The Morgan fingerprint density at radius 2 is 0.631 bits per heavy atom. The van der Waals surface area contributed by atoms with E-state index in [2.05, 4.69) is 4.57 Å². The second-order valence-corrected chi connectivity index (χ2v) is 20.1. The van der Waals surface area contributed by atoms with Gasteiger partial charge in [-0.2, -0.15) is 52.7 Å². The van der Waals surface area contributed by atoms with Crippen molar-refractivity contribution in [3.05, 3.63) is 247 Å². The number of hydrogen-bond donors (Lipinski definition) is 0. The van der Waals surface area contributed by atoms with Gasteiger partial charge in [0.2, 0.25) is 0 Å². The van der Waals surface area contributed by atoms with Gasteiger partial charge in [-0.15, -0.1) is 0 Å². The fraction of sp³-hybridized carbons (Fsp3) is 0.0597. The minimum atomic E-state index is -5.19. The Bertz CT molecular complexity index is 4460. The standard InChI is InChI=1S/C67H37F12N5/c68-64(69,70)46-28-44(29-47(36-46)65(71,72)73)42-20-24-52-53-25-21-43(45-30-48(66(74,75)76)37-49(31-45)67(77,78)79)35-60(53)84(59(52)34-42)58-27-23-41(40-22-26-57-54(32-40)51-18-10-11-19-56(51)83(57)50-16-8-3-9-17-50)33-55(58)63-81-61(38-12-4-1-5-13-38)80-62(82-63)39-14-6-2-7-15-39/h1-37H. The molecule has 10 aromatic carbocycles. The van der Waals surface area contributed by atoms with Gasteiger partial charge in [0.25, 0.3) is 0 Å². The molecular formula is C67H37F12N5. The first-order valence-corrected chi connectivity index (χ1v) is 25.9. The van der Waals surface area contributed by atoms with Crippen LogP contribution < -0.4 is 0 Å². The molecule has 0 aliphatic rings. The third-order valence-electron chi connectivity index (χ3n) is 14.8. The number of benzene rings is 10. The molecule has 0 spiro atoms. The van der Waals surface area contributed by atoms with Crippen molar-refractivity contribution in [1.82, 2.24) is 24.1 Å². The van der Waals surface area contributed by atoms with Crippen LogP contribution in [0.15, 0.2) is 224 Å². The molecule has 3 aromatic heterocycles. The predicted octanol–water partition coefficient (Wildman–Crippen LogP) is 20.1. The molecular weight excluding hydrogens is 1100 g/mol. The van der Waals surface area contributed by atoms with E-state index in [1.54, 1.807) is 65.2 Å². The van der Waals surface area contributed by atoms with Gasteiger partial charge in [-0.1, -0.05) is 133 Å². The van der Waals surface area contributed by atoms with E-state index in [0.717, 1.165) is 33.1 Å². The molecule has 13 rings (SSSR count). The van der Waals surface area contributed by atoms with Crippen molar-refractivity contribution in [3.63, 3.8) is 0 Å². The first-order chi connectivity index (χ1) is 40.1. The predicted molar refractivity (Wildman–Crippen MR) is 301 cm³/mol. The van der Waals surface area contributed by atoms with Gasteiger partial charge >= 0.3 is 24.7 Å². The van der Waals surface area contributed by atoms with Gasteiger partial charge in [0.1, 0.15) is 0 Å². The monoisotopic (exact) mass is 1140 g/mol. The van der Waals surface area contributed by atoms with Gasteiger partial charge in [-0.25, -0.2) is 15.0 Å². The Hall–Kier alpha value is -10.0. The molecule has 3 heterocycles. The van der Waals surface area contributed by atoms with Gasteiger partial charge in [-0.3, -0.25) is 0 Å². The molecule has 0 saturated carbocycles. The molecule has 5 nitrogen and oxygen atoms in total. The van der Waals surface area contributed by atoms with Crippen LogP contribution in [0.3, 0.4) is 0 Å². The average Bonchev–Trinajstić information content (AvgIpc) is 1.76. The molecule has 0 bridgehead atoms. The third kappa shape index (κ3) is 9.73. The largest absolute Gasteiger partial charge is 0.416 e. The Labute approximate surface area is 469 Å². The molecule has 414 valence electrons. The van der Waals surface area contributed by atoms with Crippen LogP contribution in [0.1, 0.15) is 22.3 Å². The SMILES string of the molecule is FC(F)(F)c1cc(-c2ccc3c4ccc(-c5cc(C(F)(F)F)cc(C(F)(F)F)c5)cc4n(-c4ccc(-c5ccc6c(c5)c5ccccc5n6-c5ccccc5)cc4-c4nc(-c5ccccc5)nc(-c5ccccc5)n4)c3c2)cc(C(F)(F)F)c1. The lowest BCUT2D eigenvalue weighted by molar-refractivity contribution is -0.144. The van der Waals surface area contributed by atoms with E-state index in [1.165, 1.54) is 36.4 Å². The third-order valence-corrected chi connectivity index (χ3v) is 14.8. The first-order valence-electron chi connectivity index (χ1n) is 25.9. The summed E-state index contributed by atoms with van der Waals surface area (Å²) in [4.78, 5) is 15.1. The normalized spacial score (nSPS) is 12.5. The Kier molecular flexibility index (Phi) is 12.6. The number of fused-ring (bicyclic) bond motifs is 6. The summed E-state index contributed by atoms with van der Waals surface area (Å²) >= 11 is 0. The number of hydrogen-bond acceptors (Lipinski definition) is 3. The Balaban J connectivity index is 1.13. The fourth-order valence-corrected chi connectivity index (χ4v) is 10.9. The van der Waals surface area contributed by atoms with E-state index in [4.69, 9.17) is 15.0 Å². The van der Waals surface area contributed by atoms with E-state index in [1.807, 2.05) is 91.0 Å². The quantitative estimate of drug-likeness (QED) is 0.142. The van der Waals surface area contributed by atoms with Crippen molar-refractivity contribution >= 4 is 43.6 Å². The number of alkyl halides is 12. The van der Waals surface area contributed by atoms with Gasteiger partial charge in [0.05, 0.1) is 50.0 Å². The highest BCUT2D eigenvalue weighted by Crippen LogP contribution is 2.46. The number of aromatic nitrogens is 5. The number of para-hydroxylation sites is 2. The van der Waals surface area contributed by atoms with Crippen molar-refractivity contribution in [2.45, 2.75) is 24.7 Å². The van der Waals surface area contributed by atoms with E-state index < -0.39 is 58.1 Å². The van der Waals surface area contributed by atoms with Crippen molar-refractivity contribution in [3.8, 4) is 78.9 Å². The molecule has 0 aliphatic carbocycles. The molecule has 17 heteroatoms. The zero-order chi connectivity index (χ0) is 58.5. The van der Waals surface area contributed by atoms with Crippen LogP contribution in [0.25, 0.3) is 123 Å². The topological polar surface area (TPSA) is 48.5 Å². The van der Waals surface area contributed by atoms with Crippen LogP contribution in [0.2, 0.25) is 0 Å². The summed E-state index contributed by atoms with van der Waals surface area (Å²) in [5.74, 6) is 0.574. The van der Waals surface area contributed by atoms with Gasteiger partial charge < -0.3 is 9.13 Å². The van der Waals surface area contributed by atoms with Crippen LogP contribution >= 0.6 is 0 Å². The molecule has 0 fully saturated rings. The van der Waals surface area contributed by atoms with Crippen LogP contribution in [-0.2, 0) is 24.7 Å². The highest BCUT2D eigenvalue weighted by molar-refractivity contribution is 6.13. The lowest BCUT2D eigenvalue weighted by Gasteiger charge is -2.18. The second kappa shape index (κ2) is 19.9. The van der Waals surface area contributed by atoms with Gasteiger partial charge in [0, 0.05) is 43.9 Å². The number of nitrogens with zero attached hydrogens (tertiary/aromatic N) is 5. The average molecular weight is 1140 g/mol. The summed E-state index contributed by atoms with van der Waals surface area (Å²) < 4.78 is 177. The zero-order valence-electron chi connectivity index (χ0n) is 43.1. The summed E-state index contributed by atoms with van der Waals surface area (Å²) in [6.07, 6.45) is -20.8. The lowest BCUT2D eigenvalue weighted by Crippen LogP contribution is -2.11. The molecule has 0 radical (unpaired) electrons. The van der Waals surface area contributed by atoms with E-state index in [9.17, 15) is 52.7 Å². The number of halogens is 12. The smallest absolute Gasteiger partial charge is 0.309 e. The van der Waals surface area contributed by atoms with E-state index in [0.29, 0.717) is 57.3 Å². The Morgan fingerprint density at radius 1 is 0.250 bits per heavy atom. The molecule has 0 saturated heterocycles. The van der Waals surface area contributed by atoms with Crippen molar-refractivity contribution in [2.24, 2.45) is 0 Å².